The number of nitrogens with one attached hydrogen (secondary N) is 1. The molecule has 0 aliphatic carbocycles. The van der Waals surface area contributed by atoms with Gasteiger partial charge in [-0.05, 0) is 46.0 Å². The molecule has 0 fully saturated rings. The molecule has 1 unspecified atom stereocenters. The second kappa shape index (κ2) is 13.6. The Morgan fingerprint density at radius 2 is 1.00 bits per heavy atom. The second-order valence-electron chi connectivity index (χ2n) is 14.4. The molecular weight excluding hydrogens is 697 g/mol. The topological polar surface area (TPSA) is 62.8 Å². The van der Waals surface area contributed by atoms with Crippen LogP contribution < -0.4 is 5.32 Å². The Labute approximate surface area is 329 Å². The molecule has 5 nitrogen and oxygen atoms in total. The summed E-state index contributed by atoms with van der Waals surface area (Å²) in [7, 11) is 0. The van der Waals surface area contributed by atoms with Gasteiger partial charge in [-0.3, -0.25) is 0 Å². The highest BCUT2D eigenvalue weighted by Gasteiger charge is 2.22. The normalized spacial score (nSPS) is 14.1. The van der Waals surface area contributed by atoms with E-state index in [-0.39, 0.29) is 6.17 Å². The average molecular weight is 731 g/mol. The number of fused-ring (bicyclic) bond motifs is 6. The minimum Gasteiger partial charge on any atom is -0.456 e. The number of nitrogens with zero attached hydrogens (tertiary/aromatic N) is 3. The van der Waals surface area contributed by atoms with Crippen LogP contribution in [0, 0.1) is 0 Å². The standard InChI is InChI=1S/C52H34N4O/c1-3-13-36(14-4-1)50-54-51(37-15-5-2-6-16-37)56-52(55-50)38-31-29-35(30-32-38)49-43-21-11-19-39(47(43)41-17-7-9-22-44(41)53-49)33-25-27-34(28-26-33)40-20-12-24-46-48(40)42-18-8-10-23-45(42)57-46/h1-32,50H,(H,54,55,56). The van der Waals surface area contributed by atoms with Gasteiger partial charge >= 0.3 is 0 Å². The summed E-state index contributed by atoms with van der Waals surface area (Å²) in [5.41, 5.74) is 12.4. The first-order valence-corrected chi connectivity index (χ1v) is 19.2. The predicted molar refractivity (Wildman–Crippen MR) is 235 cm³/mol. The molecule has 5 heteroatoms. The van der Waals surface area contributed by atoms with Crippen molar-refractivity contribution in [3.8, 4) is 33.5 Å². The highest BCUT2D eigenvalue weighted by Crippen LogP contribution is 2.41. The Bertz CT molecular complexity index is 3180. The molecule has 0 amide bonds. The first-order valence-electron chi connectivity index (χ1n) is 19.2. The Balaban J connectivity index is 0.987. The van der Waals surface area contributed by atoms with Crippen molar-refractivity contribution < 1.29 is 4.42 Å². The van der Waals surface area contributed by atoms with Gasteiger partial charge in [0.25, 0.3) is 0 Å². The first kappa shape index (κ1) is 32.8. The van der Waals surface area contributed by atoms with Crippen molar-refractivity contribution in [2.75, 3.05) is 0 Å². The maximum atomic E-state index is 6.20. The minimum absolute atomic E-state index is 0.258. The SMILES string of the molecule is c1ccc(C2=NC(c3ccccc3)NC(c3ccc(-c4nc5ccccc5c5c(-c6ccc(-c7cccc8oc9ccccc9c78)cc6)cccc45)cc3)=N2)cc1. The maximum Gasteiger partial charge on any atom is 0.159 e. The van der Waals surface area contributed by atoms with E-state index in [0.717, 1.165) is 88.7 Å². The fourth-order valence-electron chi connectivity index (χ4n) is 8.21. The Kier molecular flexibility index (Phi) is 7.81. The molecule has 0 saturated heterocycles. The number of aliphatic imine (C=N–C) groups is 2. The highest BCUT2D eigenvalue weighted by atomic mass is 16.3. The summed E-state index contributed by atoms with van der Waals surface area (Å²) >= 11 is 0. The Morgan fingerprint density at radius 3 is 1.77 bits per heavy atom. The van der Waals surface area contributed by atoms with Crippen molar-refractivity contribution in [1.29, 1.82) is 0 Å². The lowest BCUT2D eigenvalue weighted by atomic mass is 9.91. The van der Waals surface area contributed by atoms with Crippen LogP contribution in [0.4, 0.5) is 0 Å². The second-order valence-corrected chi connectivity index (χ2v) is 14.4. The molecule has 0 spiro atoms. The number of furan rings is 1. The number of amidine groups is 2. The molecule has 3 heterocycles. The lowest BCUT2D eigenvalue weighted by Gasteiger charge is -2.23. The number of pyridine rings is 1. The first-order chi connectivity index (χ1) is 28.2. The van der Waals surface area contributed by atoms with Crippen LogP contribution in [-0.2, 0) is 0 Å². The van der Waals surface area contributed by atoms with E-state index in [1.807, 2.05) is 54.6 Å². The zero-order chi connectivity index (χ0) is 37.7. The summed E-state index contributed by atoms with van der Waals surface area (Å²) in [4.78, 5) is 15.3. The molecule has 1 aliphatic heterocycles. The molecule has 268 valence electrons. The third-order valence-electron chi connectivity index (χ3n) is 11.0. The van der Waals surface area contributed by atoms with Crippen LogP contribution in [0.2, 0.25) is 0 Å². The van der Waals surface area contributed by atoms with Crippen molar-refractivity contribution >= 4 is 55.3 Å². The van der Waals surface area contributed by atoms with Gasteiger partial charge in [0.15, 0.2) is 5.84 Å². The predicted octanol–water partition coefficient (Wildman–Crippen LogP) is 12.8. The van der Waals surface area contributed by atoms with Crippen LogP contribution in [0.5, 0.6) is 0 Å². The molecular formula is C52H34N4O. The smallest absolute Gasteiger partial charge is 0.159 e. The fraction of sp³-hybridized carbons (Fsp3) is 0.0192. The monoisotopic (exact) mass is 730 g/mol. The summed E-state index contributed by atoms with van der Waals surface area (Å²) in [6.07, 6.45) is -0.258. The molecule has 1 N–H and O–H groups in total. The third-order valence-corrected chi connectivity index (χ3v) is 11.0. The number of benzene rings is 8. The maximum absolute atomic E-state index is 6.20. The summed E-state index contributed by atoms with van der Waals surface area (Å²) in [5, 5.41) is 9.29. The van der Waals surface area contributed by atoms with Crippen LogP contribution in [0.15, 0.2) is 209 Å². The van der Waals surface area contributed by atoms with E-state index in [2.05, 4.69) is 145 Å². The molecule has 1 atom stereocenters. The number of rotatable bonds is 6. The van der Waals surface area contributed by atoms with Crippen molar-refractivity contribution in [2.24, 2.45) is 9.98 Å². The van der Waals surface area contributed by atoms with Gasteiger partial charge in [0, 0.05) is 43.6 Å². The van der Waals surface area contributed by atoms with Gasteiger partial charge in [-0.2, -0.15) is 0 Å². The van der Waals surface area contributed by atoms with Crippen LogP contribution in [0.25, 0.3) is 77.1 Å². The molecule has 8 aromatic carbocycles. The van der Waals surface area contributed by atoms with Crippen molar-refractivity contribution in [3.05, 3.63) is 211 Å². The fourth-order valence-corrected chi connectivity index (χ4v) is 8.21. The summed E-state index contributed by atoms with van der Waals surface area (Å²) in [6.45, 7) is 0. The van der Waals surface area contributed by atoms with E-state index >= 15 is 0 Å². The Hall–Kier alpha value is -7.63. The quantitative estimate of drug-likeness (QED) is 0.173. The molecule has 2 aromatic heterocycles. The van der Waals surface area contributed by atoms with Gasteiger partial charge in [-0.25, -0.2) is 15.0 Å². The van der Waals surface area contributed by atoms with Gasteiger partial charge in [0.05, 0.1) is 11.2 Å². The van der Waals surface area contributed by atoms with Crippen LogP contribution in [-0.4, -0.2) is 16.7 Å². The van der Waals surface area contributed by atoms with Crippen molar-refractivity contribution in [2.45, 2.75) is 6.17 Å². The summed E-state index contributed by atoms with van der Waals surface area (Å²) in [6, 6.07) is 67.6. The Morgan fingerprint density at radius 1 is 0.421 bits per heavy atom. The lowest BCUT2D eigenvalue weighted by molar-refractivity contribution is 0.669. The minimum atomic E-state index is -0.258. The van der Waals surface area contributed by atoms with E-state index in [0.29, 0.717) is 5.84 Å². The van der Waals surface area contributed by atoms with Crippen molar-refractivity contribution in [1.82, 2.24) is 10.3 Å². The van der Waals surface area contributed by atoms with E-state index < -0.39 is 0 Å². The van der Waals surface area contributed by atoms with Crippen molar-refractivity contribution in [3.63, 3.8) is 0 Å². The van der Waals surface area contributed by atoms with Crippen LogP contribution in [0.3, 0.4) is 0 Å². The van der Waals surface area contributed by atoms with Crippen LogP contribution >= 0.6 is 0 Å². The number of para-hydroxylation sites is 2. The summed E-state index contributed by atoms with van der Waals surface area (Å²) in [5.74, 6) is 1.49. The van der Waals surface area contributed by atoms with Crippen LogP contribution in [0.1, 0.15) is 22.9 Å². The van der Waals surface area contributed by atoms with E-state index in [4.69, 9.17) is 19.4 Å². The molecule has 11 rings (SSSR count). The summed E-state index contributed by atoms with van der Waals surface area (Å²) < 4.78 is 6.20. The molecule has 10 aromatic rings. The molecule has 1 aliphatic rings. The largest absolute Gasteiger partial charge is 0.456 e. The van der Waals surface area contributed by atoms with Gasteiger partial charge in [0.1, 0.15) is 23.2 Å². The number of hydrogen-bond donors (Lipinski definition) is 1. The average Bonchev–Trinajstić information content (AvgIpc) is 3.68. The van der Waals surface area contributed by atoms with Gasteiger partial charge in [-0.15, -0.1) is 0 Å². The molecule has 57 heavy (non-hydrogen) atoms. The molecule has 0 saturated carbocycles. The zero-order valence-electron chi connectivity index (χ0n) is 30.8. The lowest BCUT2D eigenvalue weighted by Crippen LogP contribution is -2.33. The number of aromatic nitrogens is 1. The highest BCUT2D eigenvalue weighted by molar-refractivity contribution is 6.18. The van der Waals surface area contributed by atoms with E-state index in [9.17, 15) is 0 Å². The van der Waals surface area contributed by atoms with Gasteiger partial charge in [-0.1, -0.05) is 176 Å². The zero-order valence-corrected chi connectivity index (χ0v) is 30.8. The third kappa shape index (κ3) is 5.76. The van der Waals surface area contributed by atoms with Gasteiger partial charge in [0.2, 0.25) is 0 Å². The molecule has 0 bridgehead atoms. The van der Waals surface area contributed by atoms with Gasteiger partial charge < -0.3 is 9.73 Å². The van der Waals surface area contributed by atoms with E-state index in [1.165, 1.54) is 10.9 Å². The van der Waals surface area contributed by atoms with E-state index in [1.54, 1.807) is 0 Å². The number of hydrogen-bond acceptors (Lipinski definition) is 5. The molecule has 0 radical (unpaired) electrons.